The van der Waals surface area contributed by atoms with Crippen LogP contribution in [0, 0.1) is 0 Å². The van der Waals surface area contributed by atoms with Crippen LogP contribution in [0.2, 0.25) is 0 Å². The van der Waals surface area contributed by atoms with Crippen molar-refractivity contribution in [1.29, 1.82) is 0 Å². The van der Waals surface area contributed by atoms with Gasteiger partial charge in [0, 0.05) is 25.5 Å². The Morgan fingerprint density at radius 1 is 1.12 bits per heavy atom. The average Bonchev–Trinajstić information content (AvgIpc) is 2.83. The van der Waals surface area contributed by atoms with E-state index >= 15 is 0 Å². The van der Waals surface area contributed by atoms with Crippen LogP contribution in [0.25, 0.3) is 0 Å². The molecule has 2 heterocycles. The third-order valence-electron chi connectivity index (χ3n) is 2.16. The summed E-state index contributed by atoms with van der Waals surface area (Å²) < 4.78 is 0. The topological polar surface area (TPSA) is 37.0 Å². The molecule has 0 fully saturated rings. The van der Waals surface area contributed by atoms with Gasteiger partial charge in [0.2, 0.25) is 0 Å². The Morgan fingerprint density at radius 2 is 2.06 bits per heavy atom. The van der Waals surface area contributed by atoms with Crippen LogP contribution in [0.1, 0.15) is 6.42 Å². The van der Waals surface area contributed by atoms with E-state index in [4.69, 9.17) is 0 Å². The number of thiophene rings is 1. The van der Waals surface area contributed by atoms with Gasteiger partial charge in [-0.3, -0.25) is 4.98 Å². The van der Waals surface area contributed by atoms with Crippen molar-refractivity contribution in [1.82, 2.24) is 4.98 Å². The Morgan fingerprint density at radius 3 is 2.81 bits per heavy atom. The summed E-state index contributed by atoms with van der Waals surface area (Å²) in [6, 6.07) is 8.12. The van der Waals surface area contributed by atoms with Gasteiger partial charge in [-0.1, -0.05) is 0 Å². The van der Waals surface area contributed by atoms with E-state index in [1.807, 2.05) is 18.3 Å². The molecular formula is C12H15N3S. The number of rotatable bonds is 6. The first kappa shape index (κ1) is 11.0. The minimum atomic E-state index is 0.962. The van der Waals surface area contributed by atoms with Crippen molar-refractivity contribution in [3.63, 3.8) is 0 Å². The summed E-state index contributed by atoms with van der Waals surface area (Å²) in [6.07, 6.45) is 4.71. The molecule has 0 saturated carbocycles. The first-order chi connectivity index (χ1) is 7.95. The van der Waals surface area contributed by atoms with Gasteiger partial charge in [-0.05, 0) is 36.1 Å². The van der Waals surface area contributed by atoms with Crippen LogP contribution in [0.15, 0.2) is 42.0 Å². The Labute approximate surface area is 99.5 Å². The molecule has 2 rings (SSSR count). The van der Waals surface area contributed by atoms with E-state index < -0.39 is 0 Å². The Bertz CT molecular complexity index is 386. The molecule has 84 valence electrons. The summed E-state index contributed by atoms with van der Waals surface area (Å²) in [7, 11) is 0. The number of nitrogens with one attached hydrogen (secondary N) is 2. The monoisotopic (exact) mass is 233 g/mol. The lowest BCUT2D eigenvalue weighted by Gasteiger charge is -2.06. The molecule has 3 nitrogen and oxygen atoms in total. The van der Waals surface area contributed by atoms with Crippen LogP contribution >= 0.6 is 11.3 Å². The summed E-state index contributed by atoms with van der Waals surface area (Å²) in [4.78, 5) is 4.05. The fraction of sp³-hybridized carbons (Fsp3) is 0.250. The third-order valence-corrected chi connectivity index (χ3v) is 2.99. The van der Waals surface area contributed by atoms with E-state index in [9.17, 15) is 0 Å². The molecule has 0 saturated heterocycles. The number of hydrogen-bond donors (Lipinski definition) is 2. The zero-order valence-electron chi connectivity index (χ0n) is 9.02. The number of anilines is 2. The maximum atomic E-state index is 4.05. The molecule has 0 aliphatic carbocycles. The summed E-state index contributed by atoms with van der Waals surface area (Å²) in [5.74, 6) is 0. The summed E-state index contributed by atoms with van der Waals surface area (Å²) in [5.41, 5.74) is 1.08. The van der Waals surface area contributed by atoms with Gasteiger partial charge in [0.15, 0.2) is 0 Å². The SMILES string of the molecule is c1cncc(NCCCNc2cccs2)c1. The van der Waals surface area contributed by atoms with E-state index in [0.29, 0.717) is 0 Å². The van der Waals surface area contributed by atoms with E-state index in [1.54, 1.807) is 17.5 Å². The normalized spacial score (nSPS) is 10.0. The van der Waals surface area contributed by atoms with Crippen molar-refractivity contribution in [3.05, 3.63) is 42.0 Å². The average molecular weight is 233 g/mol. The minimum absolute atomic E-state index is 0.962. The first-order valence-corrected chi connectivity index (χ1v) is 6.24. The zero-order chi connectivity index (χ0) is 11.1. The predicted molar refractivity (Wildman–Crippen MR) is 70.2 cm³/mol. The highest BCUT2D eigenvalue weighted by molar-refractivity contribution is 7.14. The van der Waals surface area contributed by atoms with Crippen molar-refractivity contribution in [3.8, 4) is 0 Å². The largest absolute Gasteiger partial charge is 0.384 e. The Balaban J connectivity index is 1.59. The van der Waals surface area contributed by atoms with E-state index in [2.05, 4.69) is 33.1 Å². The lowest BCUT2D eigenvalue weighted by Crippen LogP contribution is -2.08. The lowest BCUT2D eigenvalue weighted by atomic mass is 10.3. The summed E-state index contributed by atoms with van der Waals surface area (Å²) in [6.45, 7) is 1.96. The van der Waals surface area contributed by atoms with Crippen LogP contribution < -0.4 is 10.6 Å². The Kier molecular flexibility index (Phi) is 4.19. The maximum absolute atomic E-state index is 4.05. The molecule has 0 aromatic carbocycles. The third kappa shape index (κ3) is 3.55. The van der Waals surface area contributed by atoms with Crippen molar-refractivity contribution in [2.45, 2.75) is 6.42 Å². The van der Waals surface area contributed by atoms with Crippen LogP contribution in [-0.4, -0.2) is 18.1 Å². The van der Waals surface area contributed by atoms with Crippen LogP contribution in [-0.2, 0) is 0 Å². The number of hydrogen-bond acceptors (Lipinski definition) is 4. The minimum Gasteiger partial charge on any atom is -0.384 e. The maximum Gasteiger partial charge on any atom is 0.0882 e. The molecule has 2 aromatic rings. The van der Waals surface area contributed by atoms with Gasteiger partial charge in [0.25, 0.3) is 0 Å². The molecule has 0 aliphatic heterocycles. The van der Waals surface area contributed by atoms with Gasteiger partial charge in [-0.2, -0.15) is 0 Å². The van der Waals surface area contributed by atoms with Crippen LogP contribution in [0.3, 0.4) is 0 Å². The lowest BCUT2D eigenvalue weighted by molar-refractivity contribution is 0.911. The van der Waals surface area contributed by atoms with Crippen molar-refractivity contribution >= 4 is 22.0 Å². The molecule has 0 radical (unpaired) electrons. The van der Waals surface area contributed by atoms with Crippen LogP contribution in [0.4, 0.5) is 10.7 Å². The van der Waals surface area contributed by atoms with Gasteiger partial charge in [-0.15, -0.1) is 11.3 Å². The fourth-order valence-electron chi connectivity index (χ4n) is 1.38. The summed E-state index contributed by atoms with van der Waals surface area (Å²) in [5, 5.41) is 10.0. The molecular weight excluding hydrogens is 218 g/mol. The molecule has 2 aromatic heterocycles. The number of pyridine rings is 1. The summed E-state index contributed by atoms with van der Waals surface area (Å²) >= 11 is 1.74. The van der Waals surface area contributed by atoms with Gasteiger partial charge in [0.05, 0.1) is 10.7 Å². The molecule has 0 aliphatic rings. The second kappa shape index (κ2) is 6.12. The van der Waals surface area contributed by atoms with E-state index in [0.717, 1.165) is 25.2 Å². The molecule has 0 atom stereocenters. The van der Waals surface area contributed by atoms with Crippen molar-refractivity contribution < 1.29 is 0 Å². The highest BCUT2D eigenvalue weighted by Gasteiger charge is 1.92. The van der Waals surface area contributed by atoms with Crippen molar-refractivity contribution in [2.75, 3.05) is 23.7 Å². The second-order valence-corrected chi connectivity index (χ2v) is 4.37. The molecule has 0 spiro atoms. The number of aromatic nitrogens is 1. The van der Waals surface area contributed by atoms with Crippen LogP contribution in [0.5, 0.6) is 0 Å². The Hall–Kier alpha value is -1.55. The molecule has 0 bridgehead atoms. The van der Waals surface area contributed by atoms with E-state index in [-0.39, 0.29) is 0 Å². The standard InChI is InChI=1S/C12H15N3S/c1-4-11(10-13-6-1)14-7-3-8-15-12-5-2-9-16-12/h1-2,4-6,9-10,14-15H,3,7-8H2. The van der Waals surface area contributed by atoms with Gasteiger partial charge < -0.3 is 10.6 Å². The van der Waals surface area contributed by atoms with E-state index in [1.165, 1.54) is 5.00 Å². The quantitative estimate of drug-likeness (QED) is 0.753. The molecule has 16 heavy (non-hydrogen) atoms. The number of nitrogens with zero attached hydrogens (tertiary/aromatic N) is 1. The predicted octanol–water partition coefficient (Wildman–Crippen LogP) is 3.06. The highest BCUT2D eigenvalue weighted by Crippen LogP contribution is 2.14. The van der Waals surface area contributed by atoms with Gasteiger partial charge in [0.1, 0.15) is 0 Å². The highest BCUT2D eigenvalue weighted by atomic mass is 32.1. The molecule has 0 amide bonds. The van der Waals surface area contributed by atoms with Gasteiger partial charge in [-0.25, -0.2) is 0 Å². The molecule has 4 heteroatoms. The first-order valence-electron chi connectivity index (χ1n) is 5.36. The molecule has 0 unspecified atom stereocenters. The van der Waals surface area contributed by atoms with Gasteiger partial charge >= 0.3 is 0 Å². The molecule has 2 N–H and O–H groups in total. The zero-order valence-corrected chi connectivity index (χ0v) is 9.83. The fourth-order valence-corrected chi connectivity index (χ4v) is 2.03. The smallest absolute Gasteiger partial charge is 0.0882 e. The van der Waals surface area contributed by atoms with Crippen molar-refractivity contribution in [2.24, 2.45) is 0 Å². The second-order valence-electron chi connectivity index (χ2n) is 3.43.